The number of hydrogen-bond donors (Lipinski definition) is 2. The Bertz CT molecular complexity index is 999. The van der Waals surface area contributed by atoms with Crippen molar-refractivity contribution in [3.63, 3.8) is 0 Å². The molecule has 3 fully saturated rings. The Morgan fingerprint density at radius 1 is 1.14 bits per heavy atom. The van der Waals surface area contributed by atoms with Crippen LogP contribution in [-0.4, -0.2) is 88.0 Å². The van der Waals surface area contributed by atoms with E-state index in [1.165, 1.54) is 6.07 Å². The van der Waals surface area contributed by atoms with Crippen molar-refractivity contribution in [2.75, 3.05) is 39.3 Å². The highest BCUT2D eigenvalue weighted by Crippen LogP contribution is 2.39. The van der Waals surface area contributed by atoms with Gasteiger partial charge in [-0.2, -0.15) is 12.6 Å². The lowest BCUT2D eigenvalue weighted by atomic mass is 9.93. The Kier molecular flexibility index (Phi) is 8.29. The van der Waals surface area contributed by atoms with Crippen molar-refractivity contribution >= 4 is 30.3 Å². The van der Waals surface area contributed by atoms with Crippen LogP contribution in [0.2, 0.25) is 0 Å². The molecule has 3 atom stereocenters. The van der Waals surface area contributed by atoms with E-state index in [9.17, 15) is 23.9 Å². The zero-order chi connectivity index (χ0) is 25.1. The maximum Gasteiger partial charge on any atom is 0.320 e. The summed E-state index contributed by atoms with van der Waals surface area (Å²) in [5.74, 6) is -1.26. The highest BCUT2D eigenvalue weighted by Gasteiger charge is 2.41. The average Bonchev–Trinajstić information content (AvgIpc) is 3.67. The van der Waals surface area contributed by atoms with Crippen LogP contribution in [0.3, 0.4) is 0 Å². The summed E-state index contributed by atoms with van der Waals surface area (Å²) >= 11 is 4.74. The van der Waals surface area contributed by atoms with Gasteiger partial charge in [-0.05, 0) is 37.3 Å². The molecule has 190 valence electrons. The number of benzene rings is 1. The number of rotatable bonds is 9. The van der Waals surface area contributed by atoms with Crippen LogP contribution in [0.15, 0.2) is 35.9 Å². The molecule has 0 spiro atoms. The Balaban J connectivity index is 1.45. The normalized spacial score (nSPS) is 25.0. The van der Waals surface area contributed by atoms with Gasteiger partial charge in [0.1, 0.15) is 11.9 Å². The first kappa shape index (κ1) is 25.9. The minimum atomic E-state index is -0.902. The first-order valence-electron chi connectivity index (χ1n) is 12.4. The lowest BCUT2D eigenvalue weighted by molar-refractivity contribution is -0.147. The van der Waals surface area contributed by atoms with E-state index in [1.54, 1.807) is 28.0 Å². The van der Waals surface area contributed by atoms with Gasteiger partial charge < -0.3 is 10.0 Å². The van der Waals surface area contributed by atoms with Gasteiger partial charge in [0.2, 0.25) is 5.91 Å². The third kappa shape index (κ3) is 5.95. The Hall–Kier alpha value is -2.23. The minimum Gasteiger partial charge on any atom is -0.480 e. The Morgan fingerprint density at radius 2 is 1.89 bits per heavy atom. The maximum atomic E-state index is 14.7. The molecule has 2 heterocycles. The summed E-state index contributed by atoms with van der Waals surface area (Å²) in [4.78, 5) is 42.9. The van der Waals surface area contributed by atoms with E-state index in [4.69, 9.17) is 12.6 Å². The van der Waals surface area contributed by atoms with Crippen LogP contribution in [0.25, 0.3) is 0 Å². The molecule has 3 aliphatic rings. The number of amides is 1. The number of carboxylic acid groups (broad SMARTS) is 1. The fraction of sp³-hybridized carbons (Fsp3) is 0.577. The van der Waals surface area contributed by atoms with Gasteiger partial charge in [-0.15, -0.1) is 0 Å². The molecule has 2 aliphatic heterocycles. The largest absolute Gasteiger partial charge is 0.480 e. The van der Waals surface area contributed by atoms with E-state index in [0.717, 1.165) is 24.8 Å². The molecule has 1 saturated carbocycles. The molecule has 1 amide bonds. The maximum absolute atomic E-state index is 14.7. The van der Waals surface area contributed by atoms with Crippen LogP contribution in [0.1, 0.15) is 44.2 Å². The van der Waals surface area contributed by atoms with Crippen molar-refractivity contribution in [1.82, 2.24) is 14.7 Å². The van der Waals surface area contributed by atoms with E-state index >= 15 is 0 Å². The summed E-state index contributed by atoms with van der Waals surface area (Å²) in [7, 11) is 0. The molecule has 1 N–H and O–H groups in total. The molecule has 0 bridgehead atoms. The SMILES string of the molecule is CCC(C(=O)O)N1CCN(C/C=C2/CN(C(C(=O)C3CC3)c3ccccc3F)CCC2S)C(=O)C1. The summed E-state index contributed by atoms with van der Waals surface area (Å²) in [6, 6.07) is 5.26. The highest BCUT2D eigenvalue weighted by molar-refractivity contribution is 7.81. The zero-order valence-electron chi connectivity index (χ0n) is 20.1. The van der Waals surface area contributed by atoms with Gasteiger partial charge in [-0.1, -0.05) is 31.2 Å². The van der Waals surface area contributed by atoms with Crippen molar-refractivity contribution in [3.8, 4) is 0 Å². The van der Waals surface area contributed by atoms with E-state index < -0.39 is 18.1 Å². The van der Waals surface area contributed by atoms with E-state index in [1.807, 2.05) is 13.0 Å². The number of piperidine rings is 1. The first-order valence-corrected chi connectivity index (χ1v) is 13.0. The molecule has 4 rings (SSSR count). The lowest BCUT2D eigenvalue weighted by Gasteiger charge is -2.39. The number of carbonyl (C=O) groups is 3. The number of carboxylic acids is 1. The number of halogens is 1. The molecule has 1 aromatic rings. The number of hydrogen-bond acceptors (Lipinski definition) is 6. The van der Waals surface area contributed by atoms with Crippen molar-refractivity contribution in [2.24, 2.45) is 5.92 Å². The fourth-order valence-corrected chi connectivity index (χ4v) is 5.44. The summed E-state index contributed by atoms with van der Waals surface area (Å²) in [5.41, 5.74) is 1.45. The number of ketones is 1. The zero-order valence-corrected chi connectivity index (χ0v) is 21.0. The third-order valence-electron chi connectivity index (χ3n) is 7.35. The van der Waals surface area contributed by atoms with E-state index in [0.29, 0.717) is 44.7 Å². The number of nitrogens with zero attached hydrogens (tertiary/aromatic N) is 3. The second-order valence-corrected chi connectivity index (χ2v) is 10.4. The molecule has 3 unspecified atom stereocenters. The van der Waals surface area contributed by atoms with Gasteiger partial charge in [0.05, 0.1) is 12.6 Å². The Morgan fingerprint density at radius 3 is 2.51 bits per heavy atom. The first-order chi connectivity index (χ1) is 16.8. The molecule has 0 radical (unpaired) electrons. The molecule has 1 aromatic carbocycles. The predicted molar refractivity (Wildman–Crippen MR) is 134 cm³/mol. The molecule has 7 nitrogen and oxygen atoms in total. The highest BCUT2D eigenvalue weighted by atomic mass is 32.1. The second-order valence-electron chi connectivity index (χ2n) is 9.73. The van der Waals surface area contributed by atoms with Gasteiger partial charge in [-0.25, -0.2) is 4.39 Å². The summed E-state index contributed by atoms with van der Waals surface area (Å²) in [6.07, 6.45) is 4.92. The molecule has 9 heteroatoms. The number of thiol groups is 1. The van der Waals surface area contributed by atoms with Crippen LogP contribution < -0.4 is 0 Å². The number of aliphatic carboxylic acids is 1. The van der Waals surface area contributed by atoms with Crippen molar-refractivity contribution in [3.05, 3.63) is 47.3 Å². The predicted octanol–water partition coefficient (Wildman–Crippen LogP) is 2.78. The van der Waals surface area contributed by atoms with Gasteiger partial charge in [0.15, 0.2) is 5.78 Å². The van der Waals surface area contributed by atoms with Crippen molar-refractivity contribution < 1.29 is 23.9 Å². The molecule has 2 saturated heterocycles. The molecular formula is C26H34FN3O4S. The van der Waals surface area contributed by atoms with Gasteiger partial charge in [0.25, 0.3) is 0 Å². The Labute approximate surface area is 211 Å². The van der Waals surface area contributed by atoms with Crippen LogP contribution in [-0.2, 0) is 14.4 Å². The molecule has 35 heavy (non-hydrogen) atoms. The van der Waals surface area contributed by atoms with Gasteiger partial charge in [0, 0.05) is 49.5 Å². The molecule has 1 aliphatic carbocycles. The average molecular weight is 504 g/mol. The van der Waals surface area contributed by atoms with E-state index in [2.05, 4.69) is 4.90 Å². The van der Waals surface area contributed by atoms with E-state index in [-0.39, 0.29) is 35.2 Å². The lowest BCUT2D eigenvalue weighted by Crippen LogP contribution is -2.55. The fourth-order valence-electron chi connectivity index (χ4n) is 5.13. The van der Waals surface area contributed by atoms with Gasteiger partial charge >= 0.3 is 5.97 Å². The number of likely N-dealkylation sites (tertiary alicyclic amines) is 1. The monoisotopic (exact) mass is 503 g/mol. The molecular weight excluding hydrogens is 469 g/mol. The summed E-state index contributed by atoms with van der Waals surface area (Å²) < 4.78 is 14.7. The topological polar surface area (TPSA) is 81.2 Å². The summed E-state index contributed by atoms with van der Waals surface area (Å²) in [6.45, 7) is 4.44. The second kappa shape index (κ2) is 11.2. The minimum absolute atomic E-state index is 0.00688. The number of carbonyl (C=O) groups excluding carboxylic acids is 2. The van der Waals surface area contributed by atoms with Crippen molar-refractivity contribution in [1.29, 1.82) is 0 Å². The third-order valence-corrected chi connectivity index (χ3v) is 7.94. The van der Waals surface area contributed by atoms with Crippen LogP contribution in [0.4, 0.5) is 4.39 Å². The quantitative estimate of drug-likeness (QED) is 0.399. The standard InChI is InChI=1S/C26H34FN3O4S/c1-2-21(26(33)34)29-14-13-28(23(31)16-29)11-9-18-15-30(12-10-22(18)35)24(25(32)17-7-8-17)19-5-3-4-6-20(19)27/h3-6,9,17,21-22,24,35H,2,7-8,10-16H2,1H3,(H,33,34)/b18-9-. The molecule has 0 aromatic heterocycles. The van der Waals surface area contributed by atoms with Crippen LogP contribution >= 0.6 is 12.6 Å². The van der Waals surface area contributed by atoms with Crippen LogP contribution in [0, 0.1) is 11.7 Å². The smallest absolute Gasteiger partial charge is 0.320 e. The van der Waals surface area contributed by atoms with Crippen molar-refractivity contribution in [2.45, 2.75) is 49.9 Å². The number of Topliss-reactive ketones (excluding diaryl/α,β-unsaturated/α-hetero) is 1. The number of piperazine rings is 1. The van der Waals surface area contributed by atoms with Gasteiger partial charge in [-0.3, -0.25) is 24.2 Å². The van der Waals surface area contributed by atoms with Crippen LogP contribution in [0.5, 0.6) is 0 Å². The summed E-state index contributed by atoms with van der Waals surface area (Å²) in [5, 5.41) is 9.40.